The Balaban J connectivity index is 1.81. The number of aryl methyl sites for hydroxylation is 1. The Kier molecular flexibility index (Phi) is 3.98. The third-order valence-corrected chi connectivity index (χ3v) is 5.74. The van der Waals surface area contributed by atoms with Crippen LogP contribution in [0.2, 0.25) is 5.02 Å². The molecule has 0 amide bonds. The third-order valence-electron chi connectivity index (χ3n) is 4.26. The molecule has 1 aliphatic heterocycles. The van der Waals surface area contributed by atoms with Crippen LogP contribution in [0.1, 0.15) is 11.6 Å². The van der Waals surface area contributed by atoms with Crippen molar-refractivity contribution in [1.82, 2.24) is 4.57 Å². The fourth-order valence-corrected chi connectivity index (χ4v) is 3.88. The van der Waals surface area contributed by atoms with E-state index in [9.17, 15) is 5.11 Å². The van der Waals surface area contributed by atoms with Crippen molar-refractivity contribution in [3.63, 3.8) is 0 Å². The summed E-state index contributed by atoms with van der Waals surface area (Å²) in [5.74, 6) is 2.22. The highest BCUT2D eigenvalue weighted by Gasteiger charge is 2.27. The van der Waals surface area contributed by atoms with Gasteiger partial charge in [-0.3, -0.25) is 0 Å². The molecule has 1 saturated heterocycles. The molecule has 1 fully saturated rings. The van der Waals surface area contributed by atoms with Gasteiger partial charge in [0.2, 0.25) is 5.88 Å². The number of aromatic nitrogens is 1. The average Bonchev–Trinajstić information content (AvgIpc) is 2.78. The van der Waals surface area contributed by atoms with Crippen molar-refractivity contribution < 1.29 is 5.11 Å². The minimum atomic E-state index is 0.192. The number of aromatic hydroxyl groups is 1. The van der Waals surface area contributed by atoms with Crippen LogP contribution in [0.5, 0.6) is 5.88 Å². The second kappa shape index (κ2) is 6.15. The van der Waals surface area contributed by atoms with Crippen molar-refractivity contribution >= 4 is 45.6 Å². The number of rotatable bonds is 3. The van der Waals surface area contributed by atoms with Crippen molar-refractivity contribution in [1.29, 1.82) is 0 Å². The SMILES string of the molecule is Cc1cc(Cl)ccc1N=Nc1c(O)n(C2CSC2)c2ccccc12. The zero-order chi connectivity index (χ0) is 16.7. The Morgan fingerprint density at radius 3 is 2.67 bits per heavy atom. The molecule has 0 radical (unpaired) electrons. The number of fused-ring (bicyclic) bond motifs is 1. The lowest BCUT2D eigenvalue weighted by Crippen LogP contribution is -2.22. The van der Waals surface area contributed by atoms with Crippen LogP contribution in [0.25, 0.3) is 10.9 Å². The highest BCUT2D eigenvalue weighted by molar-refractivity contribution is 8.00. The maximum absolute atomic E-state index is 10.7. The zero-order valence-corrected chi connectivity index (χ0v) is 14.7. The molecule has 1 aliphatic rings. The van der Waals surface area contributed by atoms with Crippen molar-refractivity contribution in [3.8, 4) is 5.88 Å². The summed E-state index contributed by atoms with van der Waals surface area (Å²) in [6, 6.07) is 13.7. The zero-order valence-electron chi connectivity index (χ0n) is 13.1. The topological polar surface area (TPSA) is 49.9 Å². The van der Waals surface area contributed by atoms with E-state index in [2.05, 4.69) is 10.2 Å². The number of hydrogen-bond donors (Lipinski definition) is 1. The third kappa shape index (κ3) is 2.58. The predicted molar refractivity (Wildman–Crippen MR) is 100 cm³/mol. The number of halogens is 1. The minimum Gasteiger partial charge on any atom is -0.493 e. The Morgan fingerprint density at radius 1 is 1.17 bits per heavy atom. The van der Waals surface area contributed by atoms with Gasteiger partial charge in [-0.1, -0.05) is 29.8 Å². The molecule has 122 valence electrons. The van der Waals surface area contributed by atoms with E-state index in [1.165, 1.54) is 0 Å². The first kappa shape index (κ1) is 15.5. The quantitative estimate of drug-likeness (QED) is 0.583. The van der Waals surface area contributed by atoms with Crippen LogP contribution in [0.15, 0.2) is 52.7 Å². The Labute approximate surface area is 149 Å². The summed E-state index contributed by atoms with van der Waals surface area (Å²) in [5, 5.41) is 21.0. The van der Waals surface area contributed by atoms with E-state index in [-0.39, 0.29) is 5.88 Å². The standard InChI is InChI=1S/C18H16ClN3OS/c1-11-8-12(19)6-7-15(11)20-21-17-14-4-2-3-5-16(14)22(18(17)23)13-9-24-10-13/h2-8,13,23H,9-10H2,1H3. The molecular formula is C18H16ClN3OS. The minimum absolute atomic E-state index is 0.192. The molecule has 1 aromatic heterocycles. The maximum atomic E-state index is 10.7. The van der Waals surface area contributed by atoms with E-state index in [4.69, 9.17) is 11.6 Å². The molecule has 0 bridgehead atoms. The van der Waals surface area contributed by atoms with Gasteiger partial charge in [-0.15, -0.1) is 5.11 Å². The summed E-state index contributed by atoms with van der Waals surface area (Å²) < 4.78 is 1.98. The van der Waals surface area contributed by atoms with Crippen LogP contribution in [0.4, 0.5) is 11.4 Å². The molecule has 1 N–H and O–H groups in total. The fraction of sp³-hybridized carbons (Fsp3) is 0.222. The lowest BCUT2D eigenvalue weighted by Gasteiger charge is -2.27. The average molecular weight is 358 g/mol. The van der Waals surface area contributed by atoms with Crippen molar-refractivity contribution in [2.24, 2.45) is 10.2 Å². The molecule has 24 heavy (non-hydrogen) atoms. The maximum Gasteiger partial charge on any atom is 0.221 e. The highest BCUT2D eigenvalue weighted by atomic mass is 35.5. The first-order chi connectivity index (χ1) is 11.6. The molecular weight excluding hydrogens is 342 g/mol. The van der Waals surface area contributed by atoms with Gasteiger partial charge in [0, 0.05) is 21.9 Å². The smallest absolute Gasteiger partial charge is 0.221 e. The molecule has 2 heterocycles. The Morgan fingerprint density at radius 2 is 1.96 bits per heavy atom. The molecule has 6 heteroatoms. The van der Waals surface area contributed by atoms with E-state index in [1.54, 1.807) is 6.07 Å². The predicted octanol–water partition coefficient (Wildman–Crippen LogP) is 6.01. The molecule has 3 aromatic rings. The molecule has 0 unspecified atom stereocenters. The summed E-state index contributed by atoms with van der Waals surface area (Å²) in [4.78, 5) is 0. The molecule has 0 spiro atoms. The van der Waals surface area contributed by atoms with Gasteiger partial charge in [0.15, 0.2) is 5.69 Å². The highest BCUT2D eigenvalue weighted by Crippen LogP contribution is 2.44. The van der Waals surface area contributed by atoms with Gasteiger partial charge in [0.05, 0.1) is 17.2 Å². The van der Waals surface area contributed by atoms with Gasteiger partial charge in [-0.25, -0.2) is 0 Å². The van der Waals surface area contributed by atoms with E-state index in [0.29, 0.717) is 16.8 Å². The lowest BCUT2D eigenvalue weighted by molar-refractivity contribution is 0.406. The van der Waals surface area contributed by atoms with Crippen LogP contribution in [0, 0.1) is 6.92 Å². The number of nitrogens with zero attached hydrogens (tertiary/aromatic N) is 3. The van der Waals surface area contributed by atoms with Gasteiger partial charge in [-0.05, 0) is 36.8 Å². The number of azo groups is 1. The normalized spacial score (nSPS) is 15.2. The van der Waals surface area contributed by atoms with Crippen LogP contribution >= 0.6 is 23.4 Å². The second-order valence-corrected chi connectivity index (χ2v) is 7.39. The summed E-state index contributed by atoms with van der Waals surface area (Å²) in [6.07, 6.45) is 0. The molecule has 0 saturated carbocycles. The summed E-state index contributed by atoms with van der Waals surface area (Å²) >= 11 is 7.86. The Bertz CT molecular complexity index is 947. The summed E-state index contributed by atoms with van der Waals surface area (Å²) in [5.41, 5.74) is 3.22. The Hall–Kier alpha value is -1.98. The van der Waals surface area contributed by atoms with Crippen LogP contribution in [0.3, 0.4) is 0 Å². The van der Waals surface area contributed by atoms with Crippen LogP contribution < -0.4 is 0 Å². The van der Waals surface area contributed by atoms with Crippen molar-refractivity contribution in [3.05, 3.63) is 53.1 Å². The first-order valence-electron chi connectivity index (χ1n) is 7.72. The van der Waals surface area contributed by atoms with Gasteiger partial charge in [0.25, 0.3) is 0 Å². The molecule has 4 rings (SSSR count). The number of hydrogen-bond acceptors (Lipinski definition) is 4. The molecule has 2 aromatic carbocycles. The molecule has 0 atom stereocenters. The van der Waals surface area contributed by atoms with Crippen LogP contribution in [-0.4, -0.2) is 21.2 Å². The van der Waals surface area contributed by atoms with Crippen LogP contribution in [-0.2, 0) is 0 Å². The van der Waals surface area contributed by atoms with E-state index >= 15 is 0 Å². The molecule has 4 nitrogen and oxygen atoms in total. The van der Waals surface area contributed by atoms with Gasteiger partial charge in [0.1, 0.15) is 0 Å². The lowest BCUT2D eigenvalue weighted by atomic mass is 10.2. The summed E-state index contributed by atoms with van der Waals surface area (Å²) in [6.45, 7) is 1.94. The fourth-order valence-electron chi connectivity index (χ4n) is 2.91. The van der Waals surface area contributed by atoms with Gasteiger partial charge in [-0.2, -0.15) is 16.9 Å². The summed E-state index contributed by atoms with van der Waals surface area (Å²) in [7, 11) is 0. The van der Waals surface area contributed by atoms with Crippen molar-refractivity contribution in [2.75, 3.05) is 11.5 Å². The van der Waals surface area contributed by atoms with Gasteiger partial charge < -0.3 is 9.67 Å². The van der Waals surface area contributed by atoms with Crippen molar-refractivity contribution in [2.45, 2.75) is 13.0 Å². The van der Waals surface area contributed by atoms with Gasteiger partial charge >= 0.3 is 0 Å². The van der Waals surface area contributed by atoms with E-state index in [0.717, 1.165) is 33.7 Å². The van der Waals surface area contributed by atoms with E-state index in [1.807, 2.05) is 59.7 Å². The second-order valence-electron chi connectivity index (χ2n) is 5.88. The largest absolute Gasteiger partial charge is 0.493 e. The number of thioether (sulfide) groups is 1. The van der Waals surface area contributed by atoms with E-state index < -0.39 is 0 Å². The molecule has 0 aliphatic carbocycles. The number of para-hydroxylation sites is 1. The monoisotopic (exact) mass is 357 g/mol. The first-order valence-corrected chi connectivity index (χ1v) is 9.26. The number of benzene rings is 2.